The Balaban J connectivity index is 0.00000220. The quantitative estimate of drug-likeness (QED) is 0.221. The molecule has 0 aromatic rings. The summed E-state index contributed by atoms with van der Waals surface area (Å²) in [5.74, 6) is -0.500. The third-order valence-electron chi connectivity index (χ3n) is 3.00. The number of nitrogens with two attached hydrogens (primary N) is 1. The molecule has 0 bridgehead atoms. The molecule has 4 N–H and O–H groups in total. The van der Waals surface area contributed by atoms with Crippen LogP contribution in [0.25, 0.3) is 0 Å². The molecule has 22 heavy (non-hydrogen) atoms. The molecule has 1 fully saturated rings. The van der Waals surface area contributed by atoms with Crippen molar-refractivity contribution in [2.45, 2.75) is 11.8 Å². The van der Waals surface area contributed by atoms with Crippen LogP contribution in [0.2, 0.25) is 0 Å². The van der Waals surface area contributed by atoms with E-state index in [1.54, 1.807) is 0 Å². The number of urea groups is 1. The Hall–Kier alpha value is -0.200. The number of primary amides is 1. The third kappa shape index (κ3) is 4.65. The standard InChI is InChI=1S/C10H12N4O5S.2Na.2H/c1-14-7-4-8(15)6(12-13-10(11)16)2-5(7)3-9(14)20(17,18)19;;;;/h2,4,9H,3H2,1H3,(H3,11,13,16)(H,17,18,19);;;;/b12-6+;;;;. The Morgan fingerprint density at radius 3 is 2.55 bits per heavy atom. The van der Waals surface area contributed by atoms with Gasteiger partial charge in [0.15, 0.2) is 5.37 Å². The van der Waals surface area contributed by atoms with E-state index in [1.807, 2.05) is 5.43 Å². The van der Waals surface area contributed by atoms with Crippen LogP contribution in [0.15, 0.2) is 28.5 Å². The van der Waals surface area contributed by atoms with Crippen LogP contribution >= 0.6 is 0 Å². The maximum absolute atomic E-state index is 11.8. The van der Waals surface area contributed by atoms with Gasteiger partial charge >= 0.3 is 65.1 Å². The second-order valence-corrected chi connectivity index (χ2v) is 5.90. The van der Waals surface area contributed by atoms with Gasteiger partial charge in [-0.05, 0) is 11.6 Å². The van der Waals surface area contributed by atoms with Crippen LogP contribution in [0, 0.1) is 0 Å². The number of hydrogen-bond donors (Lipinski definition) is 3. The van der Waals surface area contributed by atoms with Crippen LogP contribution in [0.3, 0.4) is 0 Å². The van der Waals surface area contributed by atoms with Crippen molar-refractivity contribution in [3.05, 3.63) is 23.4 Å². The molecule has 12 heteroatoms. The van der Waals surface area contributed by atoms with E-state index in [0.29, 0.717) is 11.3 Å². The van der Waals surface area contributed by atoms with Gasteiger partial charge in [0.25, 0.3) is 10.1 Å². The molecule has 1 atom stereocenters. The van der Waals surface area contributed by atoms with Gasteiger partial charge in [0, 0.05) is 25.2 Å². The Morgan fingerprint density at radius 2 is 2.05 bits per heavy atom. The van der Waals surface area contributed by atoms with Crippen molar-refractivity contribution in [3.8, 4) is 0 Å². The van der Waals surface area contributed by atoms with Gasteiger partial charge in [-0.25, -0.2) is 10.2 Å². The molecule has 2 aliphatic rings. The van der Waals surface area contributed by atoms with Crippen molar-refractivity contribution in [3.63, 3.8) is 0 Å². The summed E-state index contributed by atoms with van der Waals surface area (Å²) >= 11 is 0. The number of hydrazone groups is 1. The van der Waals surface area contributed by atoms with E-state index in [0.717, 1.165) is 0 Å². The molecule has 9 nitrogen and oxygen atoms in total. The van der Waals surface area contributed by atoms with E-state index in [-0.39, 0.29) is 71.2 Å². The minimum absolute atomic E-state index is 0. The molecule has 1 saturated heterocycles. The van der Waals surface area contributed by atoms with Crippen molar-refractivity contribution in [2.75, 3.05) is 7.05 Å². The summed E-state index contributed by atoms with van der Waals surface area (Å²) in [6.45, 7) is 0. The fourth-order valence-corrected chi connectivity index (χ4v) is 2.98. The zero-order valence-corrected chi connectivity index (χ0v) is 11.2. The van der Waals surface area contributed by atoms with Gasteiger partial charge in [-0.1, -0.05) is 0 Å². The van der Waals surface area contributed by atoms with Gasteiger partial charge in [0.05, 0.1) is 0 Å². The van der Waals surface area contributed by atoms with E-state index < -0.39 is 27.3 Å². The van der Waals surface area contributed by atoms with Gasteiger partial charge in [-0.2, -0.15) is 13.5 Å². The summed E-state index contributed by atoms with van der Waals surface area (Å²) in [6, 6.07) is -0.919. The predicted molar refractivity (Wildman–Crippen MR) is 83.3 cm³/mol. The van der Waals surface area contributed by atoms with Crippen LogP contribution < -0.4 is 11.2 Å². The van der Waals surface area contributed by atoms with E-state index in [9.17, 15) is 18.0 Å². The Kier molecular flexibility index (Phi) is 7.99. The van der Waals surface area contributed by atoms with Crippen molar-refractivity contribution in [1.82, 2.24) is 10.3 Å². The molecule has 112 valence electrons. The van der Waals surface area contributed by atoms with Gasteiger partial charge in [-0.15, -0.1) is 0 Å². The van der Waals surface area contributed by atoms with Crippen molar-refractivity contribution < 1.29 is 22.6 Å². The molecule has 0 spiro atoms. The van der Waals surface area contributed by atoms with Crippen molar-refractivity contribution in [1.29, 1.82) is 0 Å². The number of hydrogen-bond acceptors (Lipinski definition) is 6. The molecule has 1 heterocycles. The summed E-state index contributed by atoms with van der Waals surface area (Å²) in [6.07, 6.45) is 2.57. The number of rotatable bonds is 2. The summed E-state index contributed by atoms with van der Waals surface area (Å²) in [5, 5.41) is 2.39. The number of carbonyl (C=O) groups is 2. The van der Waals surface area contributed by atoms with Gasteiger partial charge < -0.3 is 10.6 Å². The first-order valence-corrected chi connectivity index (χ1v) is 6.99. The first-order chi connectivity index (χ1) is 9.20. The van der Waals surface area contributed by atoms with Crippen molar-refractivity contribution in [2.24, 2.45) is 10.8 Å². The fraction of sp³-hybridized carbons (Fsp3) is 0.300. The van der Waals surface area contributed by atoms with Crippen LogP contribution in [0.5, 0.6) is 0 Å². The van der Waals surface area contributed by atoms with Crippen LogP contribution in [-0.2, 0) is 14.9 Å². The van der Waals surface area contributed by atoms with Crippen LogP contribution in [0.4, 0.5) is 4.79 Å². The molecular formula is C10H14N4Na2O5S. The molecule has 2 rings (SSSR count). The average Bonchev–Trinajstić information content (AvgIpc) is 2.63. The molecule has 0 radical (unpaired) electrons. The second kappa shape index (κ2) is 8.06. The first-order valence-electron chi connectivity index (χ1n) is 5.49. The topological polar surface area (TPSA) is 142 Å². The van der Waals surface area contributed by atoms with E-state index in [1.165, 1.54) is 24.1 Å². The van der Waals surface area contributed by atoms with E-state index in [2.05, 4.69) is 5.10 Å². The average molecular weight is 348 g/mol. The van der Waals surface area contributed by atoms with Gasteiger partial charge in [0.2, 0.25) is 5.78 Å². The Bertz CT molecular complexity index is 685. The second-order valence-electron chi connectivity index (χ2n) is 4.32. The predicted octanol–water partition coefficient (Wildman–Crippen LogP) is -2.34. The number of likely N-dealkylation sites (tertiary alicyclic amines) is 1. The number of carbonyl (C=O) groups excluding carboxylic acids is 2. The molecule has 1 aliphatic heterocycles. The zero-order chi connectivity index (χ0) is 15.1. The summed E-state index contributed by atoms with van der Waals surface area (Å²) < 4.78 is 31.6. The third-order valence-corrected chi connectivity index (χ3v) is 4.17. The molecule has 0 aromatic heterocycles. The van der Waals surface area contributed by atoms with Crippen LogP contribution in [-0.4, -0.2) is 107 Å². The van der Waals surface area contributed by atoms with E-state index in [4.69, 9.17) is 10.3 Å². The van der Waals surface area contributed by atoms with Crippen molar-refractivity contribution >= 4 is 86.8 Å². The maximum atomic E-state index is 11.8. The number of allylic oxidation sites excluding steroid dienone is 3. The Morgan fingerprint density at radius 1 is 1.45 bits per heavy atom. The first kappa shape index (κ1) is 21.8. The number of nitrogens with zero attached hydrogens (tertiary/aromatic N) is 2. The molecule has 1 unspecified atom stereocenters. The van der Waals surface area contributed by atoms with Gasteiger partial charge in [-0.3, -0.25) is 9.35 Å². The SMILES string of the molecule is CN1C2=CC(=O)/C(=N/NC(N)=O)C=C2CC1S(=O)(=O)O.[NaH].[NaH]. The number of fused-ring (bicyclic) bond motifs is 1. The monoisotopic (exact) mass is 348 g/mol. The Labute approximate surface area is 171 Å². The molecular weight excluding hydrogens is 334 g/mol. The number of likely N-dealkylation sites (N-methyl/N-ethyl adjacent to an activating group) is 1. The molecule has 0 saturated carbocycles. The number of nitrogens with one attached hydrogen (secondary N) is 1. The zero-order valence-electron chi connectivity index (χ0n) is 10.4. The summed E-state index contributed by atoms with van der Waals surface area (Å²) in [4.78, 5) is 23.6. The molecule has 0 aromatic carbocycles. The van der Waals surface area contributed by atoms with E-state index >= 15 is 0 Å². The summed E-state index contributed by atoms with van der Waals surface area (Å²) in [7, 11) is -2.81. The van der Waals surface area contributed by atoms with Gasteiger partial charge in [0.1, 0.15) is 5.71 Å². The summed E-state index contributed by atoms with van der Waals surface area (Å²) in [5.41, 5.74) is 7.63. The number of amides is 2. The number of ketones is 1. The minimum atomic E-state index is -4.27. The molecule has 1 aliphatic carbocycles. The molecule has 2 amide bonds. The van der Waals surface area contributed by atoms with Crippen LogP contribution in [0.1, 0.15) is 6.42 Å². The normalized spacial score (nSPS) is 22.1. The fourth-order valence-electron chi connectivity index (χ4n) is 2.08.